The highest BCUT2D eigenvalue weighted by Crippen LogP contribution is 2.68. The molecule has 0 rings (SSSR count). The second-order valence-corrected chi connectivity index (χ2v) is 6.57. The van der Waals surface area contributed by atoms with Crippen molar-refractivity contribution in [3.63, 3.8) is 0 Å². The van der Waals surface area contributed by atoms with Crippen molar-refractivity contribution in [2.75, 3.05) is 0 Å². The maximum Gasteiger partial charge on any atom is 0.387 e. The first-order chi connectivity index (χ1) is 5.06. The van der Waals surface area contributed by atoms with Crippen LogP contribution in [-0.2, 0) is 13.8 Å². The molecular formula is C2H9NO7P2. The van der Waals surface area contributed by atoms with Gasteiger partial charge in [0, 0.05) is 0 Å². The van der Waals surface area contributed by atoms with Gasteiger partial charge in [0.05, 0.1) is 0 Å². The molecule has 0 saturated heterocycles. The SMILES string of the molecule is CC(O)(P(=O)(O)O)P(=O)(O)ON. The van der Waals surface area contributed by atoms with Crippen LogP contribution in [0.25, 0.3) is 0 Å². The van der Waals surface area contributed by atoms with E-state index >= 15 is 0 Å². The van der Waals surface area contributed by atoms with Crippen molar-refractivity contribution in [3.8, 4) is 0 Å². The lowest BCUT2D eigenvalue weighted by molar-refractivity contribution is 0.129. The molecule has 0 aliphatic carbocycles. The summed E-state index contributed by atoms with van der Waals surface area (Å²) >= 11 is 0. The molecule has 10 heteroatoms. The standard InChI is InChI=1S/C2H9NO7P2/c1-2(4,11(5,6)7)12(8,9)10-3/h4H,3H2,1H3,(H,8,9)(H2,5,6,7). The van der Waals surface area contributed by atoms with E-state index in [2.05, 4.69) is 10.5 Å². The van der Waals surface area contributed by atoms with E-state index in [0.717, 1.165) is 0 Å². The Labute approximate surface area is 67.6 Å². The van der Waals surface area contributed by atoms with E-state index in [0.29, 0.717) is 6.92 Å². The summed E-state index contributed by atoms with van der Waals surface area (Å²) < 4.78 is 24.6. The van der Waals surface area contributed by atoms with Crippen LogP contribution in [0, 0.1) is 0 Å². The van der Waals surface area contributed by atoms with Crippen molar-refractivity contribution in [3.05, 3.63) is 0 Å². The summed E-state index contributed by atoms with van der Waals surface area (Å²) in [6.45, 7) is 0.460. The minimum Gasteiger partial charge on any atom is -0.368 e. The van der Waals surface area contributed by atoms with Gasteiger partial charge in [-0.3, -0.25) is 9.13 Å². The van der Waals surface area contributed by atoms with Crippen molar-refractivity contribution in [2.24, 2.45) is 5.90 Å². The van der Waals surface area contributed by atoms with E-state index in [1.54, 1.807) is 0 Å². The van der Waals surface area contributed by atoms with E-state index in [1.165, 1.54) is 0 Å². The van der Waals surface area contributed by atoms with Crippen LogP contribution < -0.4 is 5.90 Å². The Morgan fingerprint density at radius 3 is 1.75 bits per heavy atom. The Balaban J connectivity index is 5.14. The molecule has 2 unspecified atom stereocenters. The Bertz CT molecular complexity index is 254. The lowest BCUT2D eigenvalue weighted by Gasteiger charge is -2.26. The highest BCUT2D eigenvalue weighted by atomic mass is 31.2. The first-order valence-corrected chi connectivity index (χ1v) is 5.74. The van der Waals surface area contributed by atoms with Crippen LogP contribution in [0.2, 0.25) is 0 Å². The van der Waals surface area contributed by atoms with E-state index < -0.39 is 20.3 Å². The van der Waals surface area contributed by atoms with Gasteiger partial charge in [0.1, 0.15) is 0 Å². The van der Waals surface area contributed by atoms with Gasteiger partial charge >= 0.3 is 15.2 Å². The zero-order chi connectivity index (χ0) is 10.2. The average molecular weight is 221 g/mol. The van der Waals surface area contributed by atoms with Gasteiger partial charge < -0.3 is 19.8 Å². The minimum absolute atomic E-state index is 0.460. The second kappa shape index (κ2) is 3.17. The van der Waals surface area contributed by atoms with Crippen molar-refractivity contribution < 1.29 is 33.5 Å². The molecule has 0 heterocycles. The molecule has 0 spiro atoms. The highest BCUT2D eigenvalue weighted by Gasteiger charge is 2.57. The summed E-state index contributed by atoms with van der Waals surface area (Å²) in [5, 5.41) is 5.71. The third-order valence-corrected chi connectivity index (χ3v) is 5.23. The lowest BCUT2D eigenvalue weighted by atomic mass is 10.9. The van der Waals surface area contributed by atoms with Gasteiger partial charge in [0.25, 0.3) is 5.08 Å². The highest BCUT2D eigenvalue weighted by molar-refractivity contribution is 7.72. The molecule has 74 valence electrons. The van der Waals surface area contributed by atoms with E-state index in [1.807, 2.05) is 0 Å². The molecule has 0 saturated carbocycles. The smallest absolute Gasteiger partial charge is 0.368 e. The van der Waals surface area contributed by atoms with Crippen molar-refractivity contribution in [1.82, 2.24) is 0 Å². The predicted molar refractivity (Wildman–Crippen MR) is 37.8 cm³/mol. The van der Waals surface area contributed by atoms with E-state index in [4.69, 9.17) is 19.8 Å². The van der Waals surface area contributed by atoms with Gasteiger partial charge in [-0.05, 0) is 6.92 Å². The van der Waals surface area contributed by atoms with Gasteiger partial charge in [-0.25, -0.2) is 10.5 Å². The molecule has 0 radical (unpaired) electrons. The van der Waals surface area contributed by atoms with Crippen molar-refractivity contribution in [2.45, 2.75) is 12.0 Å². The summed E-state index contributed by atoms with van der Waals surface area (Å²) in [5.74, 6) is 4.27. The summed E-state index contributed by atoms with van der Waals surface area (Å²) in [6.07, 6.45) is 0. The zero-order valence-electron chi connectivity index (χ0n) is 5.99. The number of aliphatic hydroxyl groups is 1. The molecule has 0 aromatic heterocycles. The molecule has 0 aromatic carbocycles. The van der Waals surface area contributed by atoms with Crippen LogP contribution in [0.5, 0.6) is 0 Å². The fourth-order valence-electron chi connectivity index (χ4n) is 0.264. The largest absolute Gasteiger partial charge is 0.387 e. The molecule has 0 fully saturated rings. The van der Waals surface area contributed by atoms with Gasteiger partial charge in [-0.1, -0.05) is 0 Å². The first-order valence-electron chi connectivity index (χ1n) is 2.55. The normalized spacial score (nSPS) is 22.8. The van der Waals surface area contributed by atoms with E-state index in [9.17, 15) is 9.13 Å². The summed E-state index contributed by atoms with van der Waals surface area (Å²) in [7, 11) is -10.1. The Hall–Kier alpha value is 0.220. The maximum atomic E-state index is 10.7. The van der Waals surface area contributed by atoms with Gasteiger partial charge in [-0.2, -0.15) is 0 Å². The molecule has 0 aromatic rings. The van der Waals surface area contributed by atoms with Crippen molar-refractivity contribution in [1.29, 1.82) is 0 Å². The van der Waals surface area contributed by atoms with Crippen LogP contribution in [0.1, 0.15) is 6.92 Å². The second-order valence-electron chi connectivity index (χ2n) is 2.14. The third kappa shape index (κ3) is 1.93. The Kier molecular flexibility index (Phi) is 3.23. The predicted octanol–water partition coefficient (Wildman–Crippen LogP) is -1.09. The number of nitrogens with two attached hydrogens (primary N) is 1. The molecule has 0 aliphatic rings. The summed E-state index contributed by atoms with van der Waals surface area (Å²) in [6, 6.07) is 0. The fraction of sp³-hybridized carbons (Fsp3) is 1.00. The average Bonchev–Trinajstić information content (AvgIpc) is 1.85. The van der Waals surface area contributed by atoms with Crippen LogP contribution in [0.15, 0.2) is 0 Å². The third-order valence-electron chi connectivity index (χ3n) is 1.23. The monoisotopic (exact) mass is 221 g/mol. The zero-order valence-corrected chi connectivity index (χ0v) is 7.77. The summed E-state index contributed by atoms with van der Waals surface area (Å²) in [5.41, 5.74) is 0. The quantitative estimate of drug-likeness (QED) is 0.297. The minimum atomic E-state index is -5.17. The molecule has 0 bridgehead atoms. The number of hydrogen-bond donors (Lipinski definition) is 5. The molecule has 8 nitrogen and oxygen atoms in total. The Morgan fingerprint density at radius 2 is 1.67 bits per heavy atom. The van der Waals surface area contributed by atoms with E-state index in [-0.39, 0.29) is 0 Å². The van der Waals surface area contributed by atoms with Gasteiger partial charge in [0.2, 0.25) is 0 Å². The molecule has 0 aliphatic heterocycles. The number of hydrogen-bond acceptors (Lipinski definition) is 5. The van der Waals surface area contributed by atoms with Crippen LogP contribution >= 0.6 is 15.2 Å². The maximum absolute atomic E-state index is 10.7. The summed E-state index contributed by atoms with van der Waals surface area (Å²) in [4.78, 5) is 25.5. The molecule has 0 amide bonds. The van der Waals surface area contributed by atoms with Gasteiger partial charge in [-0.15, -0.1) is 0 Å². The topological polar surface area (TPSA) is 150 Å². The van der Waals surface area contributed by atoms with Crippen LogP contribution in [-0.4, -0.2) is 24.9 Å². The van der Waals surface area contributed by atoms with Crippen molar-refractivity contribution >= 4 is 15.2 Å². The Morgan fingerprint density at radius 1 is 1.33 bits per heavy atom. The van der Waals surface area contributed by atoms with Crippen LogP contribution in [0.4, 0.5) is 0 Å². The molecule has 6 N–H and O–H groups in total. The molecule has 2 atom stereocenters. The fourth-order valence-corrected chi connectivity index (χ4v) is 1.92. The molecular weight excluding hydrogens is 212 g/mol. The number of rotatable bonds is 3. The van der Waals surface area contributed by atoms with Crippen LogP contribution in [0.3, 0.4) is 0 Å². The van der Waals surface area contributed by atoms with Gasteiger partial charge in [0.15, 0.2) is 0 Å². The first kappa shape index (κ1) is 12.2. The molecule has 12 heavy (non-hydrogen) atoms. The lowest BCUT2D eigenvalue weighted by Crippen LogP contribution is -2.26.